The molecule has 1 aliphatic carbocycles. The van der Waals surface area contributed by atoms with Crippen molar-refractivity contribution in [1.82, 2.24) is 0 Å². The molecule has 1 aromatic rings. The molecule has 0 atom stereocenters. The maximum absolute atomic E-state index is 6.33. The number of rotatable bonds is 1. The molecule has 2 rings (SSSR count). The molecule has 0 aliphatic heterocycles. The number of nitrogen functional groups attached to an aromatic ring is 1. The predicted molar refractivity (Wildman–Crippen MR) is 62.9 cm³/mol. The Morgan fingerprint density at radius 2 is 1.86 bits per heavy atom. The van der Waals surface area contributed by atoms with Gasteiger partial charge in [-0.05, 0) is 46.5 Å². The van der Waals surface area contributed by atoms with Gasteiger partial charge in [0.15, 0.2) is 0 Å². The molecule has 1 aromatic carbocycles. The minimum Gasteiger partial charge on any atom is -0.398 e. The van der Waals surface area contributed by atoms with Gasteiger partial charge in [-0.1, -0.05) is 18.9 Å². The third-order valence-electron chi connectivity index (χ3n) is 3.07. The Labute approximate surface area is 92.8 Å². The first-order valence-corrected chi connectivity index (χ1v) is 5.75. The lowest BCUT2D eigenvalue weighted by molar-refractivity contribution is 0.462. The lowest BCUT2D eigenvalue weighted by Crippen LogP contribution is -2.33. The van der Waals surface area contributed by atoms with Crippen LogP contribution in [0.2, 0.25) is 0 Å². The molecule has 1 fully saturated rings. The highest BCUT2D eigenvalue weighted by molar-refractivity contribution is 9.10. The van der Waals surface area contributed by atoms with E-state index in [-0.39, 0.29) is 5.54 Å². The average Bonchev–Trinajstić information content (AvgIpc) is 2.58. The van der Waals surface area contributed by atoms with Crippen molar-refractivity contribution in [2.24, 2.45) is 5.73 Å². The van der Waals surface area contributed by atoms with Crippen molar-refractivity contribution in [2.75, 3.05) is 5.73 Å². The summed E-state index contributed by atoms with van der Waals surface area (Å²) in [6, 6.07) is 6.05. The first kappa shape index (κ1) is 9.99. The highest BCUT2D eigenvalue weighted by Crippen LogP contribution is 2.37. The monoisotopic (exact) mass is 254 g/mol. The van der Waals surface area contributed by atoms with Crippen molar-refractivity contribution in [1.29, 1.82) is 0 Å². The van der Waals surface area contributed by atoms with Gasteiger partial charge in [0.2, 0.25) is 0 Å². The first-order chi connectivity index (χ1) is 6.62. The lowest BCUT2D eigenvalue weighted by atomic mass is 9.89. The van der Waals surface area contributed by atoms with E-state index in [4.69, 9.17) is 11.5 Å². The summed E-state index contributed by atoms with van der Waals surface area (Å²) in [5.74, 6) is 0. The standard InChI is InChI=1S/C11H15BrN2/c12-9-4-3-8(7-10(9)13)11(14)5-1-2-6-11/h3-4,7H,1-2,5-6,13-14H2. The molecular weight excluding hydrogens is 240 g/mol. The van der Waals surface area contributed by atoms with Gasteiger partial charge >= 0.3 is 0 Å². The second-order valence-corrected chi connectivity index (χ2v) is 4.95. The summed E-state index contributed by atoms with van der Waals surface area (Å²) in [4.78, 5) is 0. The summed E-state index contributed by atoms with van der Waals surface area (Å²) >= 11 is 3.39. The van der Waals surface area contributed by atoms with Crippen molar-refractivity contribution in [2.45, 2.75) is 31.2 Å². The number of anilines is 1. The minimum absolute atomic E-state index is 0.130. The molecule has 0 aromatic heterocycles. The van der Waals surface area contributed by atoms with Crippen LogP contribution >= 0.6 is 15.9 Å². The number of benzene rings is 1. The summed E-state index contributed by atoms with van der Waals surface area (Å²) < 4.78 is 0.947. The summed E-state index contributed by atoms with van der Waals surface area (Å²) in [7, 11) is 0. The van der Waals surface area contributed by atoms with E-state index in [1.54, 1.807) is 0 Å². The van der Waals surface area contributed by atoms with E-state index < -0.39 is 0 Å². The molecule has 1 saturated carbocycles. The molecule has 0 unspecified atom stereocenters. The molecule has 4 N–H and O–H groups in total. The van der Waals surface area contributed by atoms with Gasteiger partial charge < -0.3 is 11.5 Å². The molecular formula is C11H15BrN2. The van der Waals surface area contributed by atoms with E-state index in [0.717, 1.165) is 23.0 Å². The Bertz CT molecular complexity index is 343. The number of halogens is 1. The summed E-state index contributed by atoms with van der Waals surface area (Å²) in [5, 5.41) is 0. The van der Waals surface area contributed by atoms with Gasteiger partial charge in [0.05, 0.1) is 0 Å². The molecule has 14 heavy (non-hydrogen) atoms. The zero-order valence-electron chi connectivity index (χ0n) is 8.09. The Hall–Kier alpha value is -0.540. The van der Waals surface area contributed by atoms with E-state index in [9.17, 15) is 0 Å². The fourth-order valence-electron chi connectivity index (χ4n) is 2.15. The van der Waals surface area contributed by atoms with Gasteiger partial charge in [-0.3, -0.25) is 0 Å². The van der Waals surface area contributed by atoms with Crippen molar-refractivity contribution >= 4 is 21.6 Å². The maximum atomic E-state index is 6.33. The number of hydrogen-bond acceptors (Lipinski definition) is 2. The van der Waals surface area contributed by atoms with E-state index in [1.807, 2.05) is 12.1 Å². The Morgan fingerprint density at radius 3 is 2.43 bits per heavy atom. The fourth-order valence-corrected chi connectivity index (χ4v) is 2.39. The predicted octanol–water partition coefficient (Wildman–Crippen LogP) is 2.76. The molecule has 0 bridgehead atoms. The minimum atomic E-state index is -0.130. The fraction of sp³-hybridized carbons (Fsp3) is 0.455. The van der Waals surface area contributed by atoms with Crippen molar-refractivity contribution in [3.05, 3.63) is 28.2 Å². The van der Waals surface area contributed by atoms with Crippen molar-refractivity contribution in [3.63, 3.8) is 0 Å². The van der Waals surface area contributed by atoms with Crippen molar-refractivity contribution < 1.29 is 0 Å². The van der Waals surface area contributed by atoms with Crippen molar-refractivity contribution in [3.8, 4) is 0 Å². The summed E-state index contributed by atoms with van der Waals surface area (Å²) in [6.45, 7) is 0. The topological polar surface area (TPSA) is 52.0 Å². The molecule has 76 valence electrons. The van der Waals surface area contributed by atoms with E-state index in [2.05, 4.69) is 22.0 Å². The first-order valence-electron chi connectivity index (χ1n) is 4.96. The van der Waals surface area contributed by atoms with Crippen LogP contribution in [0.3, 0.4) is 0 Å². The van der Waals surface area contributed by atoms with E-state index in [0.29, 0.717) is 0 Å². The highest BCUT2D eigenvalue weighted by atomic mass is 79.9. The van der Waals surface area contributed by atoms with Crippen LogP contribution < -0.4 is 11.5 Å². The number of hydrogen-bond donors (Lipinski definition) is 2. The zero-order valence-corrected chi connectivity index (χ0v) is 9.68. The van der Waals surface area contributed by atoms with Crippen LogP contribution in [0.25, 0.3) is 0 Å². The third-order valence-corrected chi connectivity index (χ3v) is 3.79. The quantitative estimate of drug-likeness (QED) is 0.758. The van der Waals surface area contributed by atoms with Gasteiger partial charge in [-0.2, -0.15) is 0 Å². The van der Waals surface area contributed by atoms with Gasteiger partial charge in [-0.25, -0.2) is 0 Å². The molecule has 0 amide bonds. The van der Waals surface area contributed by atoms with Crippen LogP contribution in [0.1, 0.15) is 31.2 Å². The van der Waals surface area contributed by atoms with Crippen LogP contribution in [-0.4, -0.2) is 0 Å². The Kier molecular flexibility index (Phi) is 2.54. The molecule has 0 saturated heterocycles. The molecule has 0 radical (unpaired) electrons. The zero-order chi connectivity index (χ0) is 10.2. The van der Waals surface area contributed by atoms with E-state index >= 15 is 0 Å². The van der Waals surface area contributed by atoms with Crippen LogP contribution in [0.5, 0.6) is 0 Å². The summed E-state index contributed by atoms with van der Waals surface area (Å²) in [5.41, 5.74) is 14.0. The molecule has 2 nitrogen and oxygen atoms in total. The molecule has 0 heterocycles. The number of nitrogens with two attached hydrogens (primary N) is 2. The van der Waals surface area contributed by atoms with Crippen LogP contribution in [0, 0.1) is 0 Å². The van der Waals surface area contributed by atoms with Gasteiger partial charge in [0, 0.05) is 15.7 Å². The second-order valence-electron chi connectivity index (χ2n) is 4.10. The SMILES string of the molecule is Nc1cc(C2(N)CCCC2)ccc1Br. The lowest BCUT2D eigenvalue weighted by Gasteiger charge is -2.24. The highest BCUT2D eigenvalue weighted by Gasteiger charge is 2.31. The second kappa shape index (κ2) is 3.55. The van der Waals surface area contributed by atoms with Crippen LogP contribution in [0.4, 0.5) is 5.69 Å². The van der Waals surface area contributed by atoms with E-state index in [1.165, 1.54) is 18.4 Å². The van der Waals surface area contributed by atoms with Gasteiger partial charge in [-0.15, -0.1) is 0 Å². The smallest absolute Gasteiger partial charge is 0.0461 e. The Morgan fingerprint density at radius 1 is 1.21 bits per heavy atom. The largest absolute Gasteiger partial charge is 0.398 e. The Balaban J connectivity index is 2.36. The molecule has 1 aliphatic rings. The molecule has 0 spiro atoms. The summed E-state index contributed by atoms with van der Waals surface area (Å²) in [6.07, 6.45) is 4.61. The normalized spacial score (nSPS) is 19.9. The van der Waals surface area contributed by atoms with Gasteiger partial charge in [0.1, 0.15) is 0 Å². The third kappa shape index (κ3) is 1.66. The maximum Gasteiger partial charge on any atom is 0.0461 e. The average molecular weight is 255 g/mol. The van der Waals surface area contributed by atoms with Crippen LogP contribution in [0.15, 0.2) is 22.7 Å². The van der Waals surface area contributed by atoms with Gasteiger partial charge in [0.25, 0.3) is 0 Å². The molecule has 3 heteroatoms. The van der Waals surface area contributed by atoms with Crippen LogP contribution in [-0.2, 0) is 5.54 Å².